The Morgan fingerprint density at radius 1 is 1.19 bits per heavy atom. The molecule has 1 aliphatic heterocycles. The van der Waals surface area contributed by atoms with E-state index in [0.29, 0.717) is 29.5 Å². The lowest BCUT2D eigenvalue weighted by Crippen LogP contribution is -2.51. The third-order valence-corrected chi connectivity index (χ3v) is 5.73. The Bertz CT molecular complexity index is 724. The summed E-state index contributed by atoms with van der Waals surface area (Å²) in [5.74, 6) is -0.313. The Balaban J connectivity index is 1.79. The summed E-state index contributed by atoms with van der Waals surface area (Å²) in [5, 5.41) is 5.85. The Kier molecular flexibility index (Phi) is 6.37. The molecule has 1 aromatic rings. The van der Waals surface area contributed by atoms with E-state index in [1.54, 1.807) is 29.2 Å². The molecule has 1 heterocycles. The second-order valence-electron chi connectivity index (χ2n) is 7.26. The number of halogens is 1. The zero-order valence-corrected chi connectivity index (χ0v) is 16.3. The van der Waals surface area contributed by atoms with Crippen molar-refractivity contribution in [3.8, 4) is 0 Å². The number of rotatable bonds is 5. The van der Waals surface area contributed by atoms with Crippen molar-refractivity contribution in [2.24, 2.45) is 5.92 Å². The van der Waals surface area contributed by atoms with Crippen molar-refractivity contribution >= 4 is 29.3 Å². The Hall–Kier alpha value is -2.08. The van der Waals surface area contributed by atoms with E-state index in [4.69, 9.17) is 11.6 Å². The predicted molar refractivity (Wildman–Crippen MR) is 103 cm³/mol. The first-order valence-corrected chi connectivity index (χ1v) is 10.0. The SMILES string of the molecule is CCNC(=O)CNC(=O)C1CC2CCCCC2N1C(=O)c1cccc(Cl)c1. The molecule has 2 fully saturated rings. The van der Waals surface area contributed by atoms with Crippen molar-refractivity contribution < 1.29 is 14.4 Å². The third-order valence-electron chi connectivity index (χ3n) is 5.49. The molecule has 2 aliphatic rings. The van der Waals surface area contributed by atoms with Gasteiger partial charge in [-0.3, -0.25) is 14.4 Å². The normalized spacial score (nSPS) is 24.2. The van der Waals surface area contributed by atoms with Gasteiger partial charge in [-0.1, -0.05) is 30.5 Å². The van der Waals surface area contributed by atoms with Crippen molar-refractivity contribution in [1.82, 2.24) is 15.5 Å². The maximum Gasteiger partial charge on any atom is 0.254 e. The highest BCUT2D eigenvalue weighted by Gasteiger charge is 2.47. The van der Waals surface area contributed by atoms with Gasteiger partial charge in [0.25, 0.3) is 5.91 Å². The molecule has 3 amide bonds. The van der Waals surface area contributed by atoms with Gasteiger partial charge in [0.1, 0.15) is 6.04 Å². The fourth-order valence-corrected chi connectivity index (χ4v) is 4.49. The molecule has 1 aliphatic carbocycles. The lowest BCUT2D eigenvalue weighted by Gasteiger charge is -2.33. The molecule has 1 aromatic carbocycles. The monoisotopic (exact) mass is 391 g/mol. The molecule has 1 saturated carbocycles. The number of amides is 3. The van der Waals surface area contributed by atoms with Gasteiger partial charge < -0.3 is 15.5 Å². The van der Waals surface area contributed by atoms with E-state index in [9.17, 15) is 14.4 Å². The number of nitrogens with zero attached hydrogens (tertiary/aromatic N) is 1. The molecule has 3 rings (SSSR count). The molecule has 0 aromatic heterocycles. The zero-order chi connectivity index (χ0) is 19.4. The number of carbonyl (C=O) groups is 3. The van der Waals surface area contributed by atoms with Crippen LogP contribution in [0.5, 0.6) is 0 Å². The molecule has 6 nitrogen and oxygen atoms in total. The first kappa shape index (κ1) is 19.7. The highest BCUT2D eigenvalue weighted by molar-refractivity contribution is 6.31. The number of fused-ring (bicyclic) bond motifs is 1. The van der Waals surface area contributed by atoms with Gasteiger partial charge in [0, 0.05) is 23.2 Å². The van der Waals surface area contributed by atoms with Gasteiger partial charge in [-0.2, -0.15) is 0 Å². The summed E-state index contributed by atoms with van der Waals surface area (Å²) in [4.78, 5) is 39.4. The average molecular weight is 392 g/mol. The van der Waals surface area contributed by atoms with Gasteiger partial charge in [0.15, 0.2) is 0 Å². The smallest absolute Gasteiger partial charge is 0.254 e. The molecule has 27 heavy (non-hydrogen) atoms. The lowest BCUT2D eigenvalue weighted by molar-refractivity contribution is -0.128. The summed E-state index contributed by atoms with van der Waals surface area (Å²) in [5.41, 5.74) is 0.496. The minimum Gasteiger partial charge on any atom is -0.355 e. The van der Waals surface area contributed by atoms with Crippen LogP contribution in [-0.4, -0.2) is 47.8 Å². The van der Waals surface area contributed by atoms with Crippen LogP contribution in [0, 0.1) is 5.92 Å². The second-order valence-corrected chi connectivity index (χ2v) is 7.69. The highest BCUT2D eigenvalue weighted by atomic mass is 35.5. The van der Waals surface area contributed by atoms with Crippen molar-refractivity contribution in [3.05, 3.63) is 34.9 Å². The van der Waals surface area contributed by atoms with Crippen molar-refractivity contribution in [1.29, 1.82) is 0 Å². The molecular formula is C20H26ClN3O3. The van der Waals surface area contributed by atoms with Gasteiger partial charge in [-0.05, 0) is 50.3 Å². The molecule has 2 N–H and O–H groups in total. The van der Waals surface area contributed by atoms with Gasteiger partial charge in [0.05, 0.1) is 6.54 Å². The van der Waals surface area contributed by atoms with Gasteiger partial charge in [0.2, 0.25) is 11.8 Å². The standard InChI is InChI=1S/C20H26ClN3O3/c1-2-22-18(25)12-23-19(26)17-11-13-6-3-4-9-16(13)24(17)20(27)14-7-5-8-15(21)10-14/h5,7-8,10,13,16-17H,2-4,6,9,11-12H2,1H3,(H,22,25)(H,23,26). The fourth-order valence-electron chi connectivity index (χ4n) is 4.30. The number of nitrogens with one attached hydrogen (secondary N) is 2. The van der Waals surface area contributed by atoms with Crippen LogP contribution < -0.4 is 10.6 Å². The minimum atomic E-state index is -0.543. The van der Waals surface area contributed by atoms with Crippen LogP contribution in [-0.2, 0) is 9.59 Å². The van der Waals surface area contributed by atoms with Crippen LogP contribution >= 0.6 is 11.6 Å². The average Bonchev–Trinajstić information content (AvgIpc) is 3.05. The first-order chi connectivity index (χ1) is 13.0. The minimum absolute atomic E-state index is 0.0717. The Morgan fingerprint density at radius 2 is 1.96 bits per heavy atom. The largest absolute Gasteiger partial charge is 0.355 e. The lowest BCUT2D eigenvalue weighted by atomic mass is 9.84. The van der Waals surface area contributed by atoms with E-state index >= 15 is 0 Å². The maximum atomic E-state index is 13.2. The van der Waals surface area contributed by atoms with E-state index in [1.165, 1.54) is 0 Å². The van der Waals surface area contributed by atoms with Crippen molar-refractivity contribution in [2.75, 3.05) is 13.1 Å². The molecule has 0 bridgehead atoms. The van der Waals surface area contributed by atoms with Crippen LogP contribution in [0.25, 0.3) is 0 Å². The van der Waals surface area contributed by atoms with Crippen LogP contribution in [0.1, 0.15) is 49.4 Å². The van der Waals surface area contributed by atoms with Gasteiger partial charge >= 0.3 is 0 Å². The molecule has 0 radical (unpaired) electrons. The van der Waals surface area contributed by atoms with Crippen LogP contribution in [0.2, 0.25) is 5.02 Å². The molecule has 3 unspecified atom stereocenters. The van der Waals surface area contributed by atoms with E-state index in [-0.39, 0.29) is 30.3 Å². The fraction of sp³-hybridized carbons (Fsp3) is 0.550. The highest BCUT2D eigenvalue weighted by Crippen LogP contribution is 2.40. The van der Waals surface area contributed by atoms with E-state index < -0.39 is 6.04 Å². The topological polar surface area (TPSA) is 78.5 Å². The van der Waals surface area contributed by atoms with Gasteiger partial charge in [-0.15, -0.1) is 0 Å². The van der Waals surface area contributed by atoms with E-state index in [1.807, 2.05) is 6.92 Å². The second kappa shape index (κ2) is 8.74. The number of hydrogen-bond acceptors (Lipinski definition) is 3. The van der Waals surface area contributed by atoms with Crippen LogP contribution in [0.4, 0.5) is 0 Å². The summed E-state index contributed by atoms with van der Waals surface area (Å²) in [7, 11) is 0. The van der Waals surface area contributed by atoms with Crippen molar-refractivity contribution in [3.63, 3.8) is 0 Å². The number of benzene rings is 1. The molecular weight excluding hydrogens is 366 g/mol. The summed E-state index contributed by atoms with van der Waals surface area (Å²) < 4.78 is 0. The van der Waals surface area contributed by atoms with E-state index in [0.717, 1.165) is 25.7 Å². The zero-order valence-electron chi connectivity index (χ0n) is 15.5. The third kappa shape index (κ3) is 4.43. The van der Waals surface area contributed by atoms with Crippen LogP contribution in [0.15, 0.2) is 24.3 Å². The molecule has 0 spiro atoms. The number of carbonyl (C=O) groups excluding carboxylic acids is 3. The quantitative estimate of drug-likeness (QED) is 0.808. The molecule has 3 atom stereocenters. The first-order valence-electron chi connectivity index (χ1n) is 9.64. The summed E-state index contributed by atoms with van der Waals surface area (Å²) in [6.45, 7) is 2.27. The number of likely N-dealkylation sites (tertiary alicyclic amines) is 1. The van der Waals surface area contributed by atoms with E-state index in [2.05, 4.69) is 10.6 Å². The molecule has 1 saturated heterocycles. The van der Waals surface area contributed by atoms with Crippen molar-refractivity contribution in [2.45, 2.75) is 51.1 Å². The molecule has 146 valence electrons. The van der Waals surface area contributed by atoms with Crippen LogP contribution in [0.3, 0.4) is 0 Å². The Morgan fingerprint density at radius 3 is 2.70 bits per heavy atom. The molecule has 7 heteroatoms. The predicted octanol–water partition coefficient (Wildman–Crippen LogP) is 2.37. The Labute approximate surface area is 164 Å². The maximum absolute atomic E-state index is 13.2. The van der Waals surface area contributed by atoms with Gasteiger partial charge in [-0.25, -0.2) is 0 Å². The summed E-state index contributed by atoms with van der Waals surface area (Å²) in [6, 6.07) is 6.37. The summed E-state index contributed by atoms with van der Waals surface area (Å²) >= 11 is 6.05. The number of likely N-dealkylation sites (N-methyl/N-ethyl adjacent to an activating group) is 1. The number of hydrogen-bond donors (Lipinski definition) is 2. The summed E-state index contributed by atoms with van der Waals surface area (Å²) in [6.07, 6.45) is 4.79.